The zero-order valence-electron chi connectivity index (χ0n) is 10.1. The maximum Gasteiger partial charge on any atom is 0.0985 e. The van der Waals surface area contributed by atoms with Gasteiger partial charge in [0.15, 0.2) is 0 Å². The SMILES string of the molecule is CNC1CCCc2nc(C(C)(C)C)sc21. The first-order valence-electron chi connectivity index (χ1n) is 5.69. The van der Waals surface area contributed by atoms with Gasteiger partial charge in [0.25, 0.3) is 0 Å². The van der Waals surface area contributed by atoms with Crippen molar-refractivity contribution < 1.29 is 0 Å². The summed E-state index contributed by atoms with van der Waals surface area (Å²) in [5, 5.41) is 4.68. The number of fused-ring (bicyclic) bond motifs is 1. The van der Waals surface area contributed by atoms with Crippen molar-refractivity contribution in [3.05, 3.63) is 15.6 Å². The number of hydrogen-bond donors (Lipinski definition) is 1. The summed E-state index contributed by atoms with van der Waals surface area (Å²) >= 11 is 1.90. The Balaban J connectivity index is 2.37. The van der Waals surface area contributed by atoms with Gasteiger partial charge in [-0.2, -0.15) is 0 Å². The van der Waals surface area contributed by atoms with E-state index in [-0.39, 0.29) is 5.41 Å². The summed E-state index contributed by atoms with van der Waals surface area (Å²) in [4.78, 5) is 6.28. The fourth-order valence-electron chi connectivity index (χ4n) is 2.02. The summed E-state index contributed by atoms with van der Waals surface area (Å²) in [6, 6.07) is 0.544. The van der Waals surface area contributed by atoms with Gasteiger partial charge in [0.1, 0.15) is 0 Å². The van der Waals surface area contributed by atoms with Crippen molar-refractivity contribution in [2.45, 2.75) is 51.5 Å². The van der Waals surface area contributed by atoms with E-state index in [4.69, 9.17) is 4.98 Å². The molecule has 1 aliphatic carbocycles. The molecule has 0 fully saturated rings. The van der Waals surface area contributed by atoms with Crippen molar-refractivity contribution in [2.75, 3.05) is 7.05 Å². The Morgan fingerprint density at radius 3 is 2.73 bits per heavy atom. The molecule has 84 valence electrons. The molecule has 1 aromatic heterocycles. The first-order chi connectivity index (χ1) is 7.02. The van der Waals surface area contributed by atoms with Gasteiger partial charge in [-0.1, -0.05) is 20.8 Å². The molecule has 15 heavy (non-hydrogen) atoms. The molecule has 1 aliphatic rings. The maximum atomic E-state index is 4.80. The lowest BCUT2D eigenvalue weighted by atomic mass is 9.96. The second-order valence-corrected chi connectivity index (χ2v) is 6.34. The number of nitrogens with zero attached hydrogens (tertiary/aromatic N) is 1. The van der Waals surface area contributed by atoms with E-state index in [1.54, 1.807) is 0 Å². The van der Waals surface area contributed by atoms with E-state index in [0.29, 0.717) is 6.04 Å². The predicted molar refractivity (Wildman–Crippen MR) is 65.6 cm³/mol. The monoisotopic (exact) mass is 224 g/mol. The molecule has 0 bridgehead atoms. The third-order valence-corrected chi connectivity index (χ3v) is 4.58. The molecule has 3 heteroatoms. The van der Waals surface area contributed by atoms with E-state index >= 15 is 0 Å². The highest BCUT2D eigenvalue weighted by Crippen LogP contribution is 2.37. The van der Waals surface area contributed by atoms with Crippen molar-refractivity contribution >= 4 is 11.3 Å². The summed E-state index contributed by atoms with van der Waals surface area (Å²) in [6.45, 7) is 6.73. The zero-order valence-corrected chi connectivity index (χ0v) is 10.9. The third-order valence-electron chi connectivity index (χ3n) is 2.94. The quantitative estimate of drug-likeness (QED) is 0.793. The lowest BCUT2D eigenvalue weighted by Gasteiger charge is -2.20. The molecule has 0 amide bonds. The normalized spacial score (nSPS) is 21.5. The molecule has 0 aromatic carbocycles. The van der Waals surface area contributed by atoms with E-state index in [1.807, 2.05) is 11.3 Å². The van der Waals surface area contributed by atoms with Crippen LogP contribution in [0.2, 0.25) is 0 Å². The van der Waals surface area contributed by atoms with E-state index in [0.717, 1.165) is 0 Å². The van der Waals surface area contributed by atoms with E-state index in [1.165, 1.54) is 34.8 Å². The predicted octanol–water partition coefficient (Wildman–Crippen LogP) is 3.04. The van der Waals surface area contributed by atoms with Crippen LogP contribution >= 0.6 is 11.3 Å². The van der Waals surface area contributed by atoms with Crippen LogP contribution in [0.15, 0.2) is 0 Å². The molecule has 0 saturated heterocycles. The smallest absolute Gasteiger partial charge is 0.0985 e. The summed E-state index contributed by atoms with van der Waals surface area (Å²) in [5.74, 6) is 0. The van der Waals surface area contributed by atoms with Crippen molar-refractivity contribution in [2.24, 2.45) is 0 Å². The molecule has 1 heterocycles. The molecule has 1 N–H and O–H groups in total. The van der Waals surface area contributed by atoms with Gasteiger partial charge < -0.3 is 5.32 Å². The summed E-state index contributed by atoms with van der Waals surface area (Å²) in [5.41, 5.74) is 1.54. The highest BCUT2D eigenvalue weighted by Gasteiger charge is 2.27. The second-order valence-electron chi connectivity index (χ2n) is 5.31. The molecular weight excluding hydrogens is 204 g/mol. The number of hydrogen-bond acceptors (Lipinski definition) is 3. The van der Waals surface area contributed by atoms with Gasteiger partial charge in [0, 0.05) is 16.3 Å². The molecule has 1 unspecified atom stereocenters. The number of aryl methyl sites for hydroxylation is 1. The van der Waals surface area contributed by atoms with Gasteiger partial charge in [-0.05, 0) is 26.3 Å². The van der Waals surface area contributed by atoms with Gasteiger partial charge in [0.2, 0.25) is 0 Å². The van der Waals surface area contributed by atoms with Gasteiger partial charge in [-0.25, -0.2) is 4.98 Å². The molecule has 0 aliphatic heterocycles. The second kappa shape index (κ2) is 3.87. The Labute approximate surface area is 96.1 Å². The van der Waals surface area contributed by atoms with Crippen molar-refractivity contribution in [3.63, 3.8) is 0 Å². The van der Waals surface area contributed by atoms with Gasteiger partial charge in [-0.3, -0.25) is 0 Å². The number of thiazole rings is 1. The minimum absolute atomic E-state index is 0.195. The fraction of sp³-hybridized carbons (Fsp3) is 0.750. The van der Waals surface area contributed by atoms with E-state index in [9.17, 15) is 0 Å². The van der Waals surface area contributed by atoms with Crippen LogP contribution < -0.4 is 5.32 Å². The highest BCUT2D eigenvalue weighted by molar-refractivity contribution is 7.12. The fourth-order valence-corrected chi connectivity index (χ4v) is 3.33. The molecule has 2 rings (SSSR count). The molecule has 1 atom stereocenters. The molecule has 2 nitrogen and oxygen atoms in total. The largest absolute Gasteiger partial charge is 0.312 e. The Morgan fingerprint density at radius 1 is 1.40 bits per heavy atom. The topological polar surface area (TPSA) is 24.9 Å². The van der Waals surface area contributed by atoms with Gasteiger partial charge >= 0.3 is 0 Å². The first-order valence-corrected chi connectivity index (χ1v) is 6.51. The minimum Gasteiger partial charge on any atom is -0.312 e. The van der Waals surface area contributed by atoms with E-state index < -0.39 is 0 Å². The van der Waals surface area contributed by atoms with Crippen LogP contribution in [0.3, 0.4) is 0 Å². The lowest BCUT2D eigenvalue weighted by molar-refractivity contribution is 0.499. The Bertz CT molecular complexity index is 349. The Kier molecular flexibility index (Phi) is 2.86. The summed E-state index contributed by atoms with van der Waals surface area (Å²) in [7, 11) is 2.05. The van der Waals surface area contributed by atoms with Crippen LogP contribution in [0.25, 0.3) is 0 Å². The van der Waals surface area contributed by atoms with Crippen LogP contribution in [0.1, 0.15) is 55.2 Å². The number of nitrogens with one attached hydrogen (secondary N) is 1. The standard InChI is InChI=1S/C12H20N2S/c1-12(2,3)11-14-9-7-5-6-8(13-4)10(9)15-11/h8,13H,5-7H2,1-4H3. The highest BCUT2D eigenvalue weighted by atomic mass is 32.1. The van der Waals surface area contributed by atoms with Gasteiger partial charge in [0.05, 0.1) is 10.7 Å². The molecule has 0 spiro atoms. The van der Waals surface area contributed by atoms with Crippen molar-refractivity contribution in [3.8, 4) is 0 Å². The zero-order chi connectivity index (χ0) is 11.1. The molecular formula is C12H20N2S. The Morgan fingerprint density at radius 2 is 2.13 bits per heavy atom. The minimum atomic E-state index is 0.195. The number of rotatable bonds is 1. The van der Waals surface area contributed by atoms with Crippen molar-refractivity contribution in [1.82, 2.24) is 10.3 Å². The van der Waals surface area contributed by atoms with E-state index in [2.05, 4.69) is 33.1 Å². The molecule has 1 aromatic rings. The average molecular weight is 224 g/mol. The summed E-state index contributed by atoms with van der Waals surface area (Å²) < 4.78 is 0. The first kappa shape index (κ1) is 11.1. The Hall–Kier alpha value is -0.410. The average Bonchev–Trinajstić information content (AvgIpc) is 2.59. The van der Waals surface area contributed by atoms with Crippen LogP contribution in [-0.2, 0) is 11.8 Å². The summed E-state index contributed by atoms with van der Waals surface area (Å²) in [6.07, 6.45) is 3.70. The molecule has 0 saturated carbocycles. The van der Waals surface area contributed by atoms with Crippen LogP contribution in [-0.4, -0.2) is 12.0 Å². The van der Waals surface area contributed by atoms with Crippen LogP contribution in [0, 0.1) is 0 Å². The number of aromatic nitrogens is 1. The lowest BCUT2D eigenvalue weighted by Crippen LogP contribution is -2.19. The van der Waals surface area contributed by atoms with Crippen LogP contribution in [0.5, 0.6) is 0 Å². The maximum absolute atomic E-state index is 4.80. The van der Waals surface area contributed by atoms with Crippen LogP contribution in [0.4, 0.5) is 0 Å². The molecule has 0 radical (unpaired) electrons. The van der Waals surface area contributed by atoms with Crippen molar-refractivity contribution in [1.29, 1.82) is 0 Å². The van der Waals surface area contributed by atoms with Gasteiger partial charge in [-0.15, -0.1) is 11.3 Å². The third kappa shape index (κ3) is 2.08.